The van der Waals surface area contributed by atoms with E-state index in [2.05, 4.69) is 5.32 Å². The molecular formula is C13H18ClNO3. The number of hydrogen-bond donors (Lipinski definition) is 2. The van der Waals surface area contributed by atoms with Gasteiger partial charge in [0.05, 0.1) is 12.1 Å². The maximum absolute atomic E-state index is 11.2. The van der Waals surface area contributed by atoms with Gasteiger partial charge in [0.15, 0.2) is 0 Å². The molecule has 0 amide bonds. The molecule has 0 saturated carbocycles. The van der Waals surface area contributed by atoms with E-state index in [-0.39, 0.29) is 0 Å². The number of rotatable bonds is 6. The van der Waals surface area contributed by atoms with Crippen LogP contribution in [-0.4, -0.2) is 24.7 Å². The summed E-state index contributed by atoms with van der Waals surface area (Å²) in [5, 5.41) is 12.6. The lowest BCUT2D eigenvalue weighted by atomic mass is 10.1. The van der Waals surface area contributed by atoms with Crippen molar-refractivity contribution in [1.29, 1.82) is 0 Å². The SMILES string of the molecule is COc1ccc(C(NCC(C)C)C(=O)O)cc1Cl. The summed E-state index contributed by atoms with van der Waals surface area (Å²) >= 11 is 6.00. The molecule has 100 valence electrons. The van der Waals surface area contributed by atoms with Gasteiger partial charge in [-0.05, 0) is 30.2 Å². The molecule has 1 atom stereocenters. The van der Waals surface area contributed by atoms with Gasteiger partial charge in [-0.2, -0.15) is 0 Å². The van der Waals surface area contributed by atoms with Gasteiger partial charge in [0, 0.05) is 0 Å². The second-order valence-corrected chi connectivity index (χ2v) is 4.87. The average molecular weight is 272 g/mol. The maximum Gasteiger partial charge on any atom is 0.325 e. The Morgan fingerprint density at radius 1 is 1.50 bits per heavy atom. The van der Waals surface area contributed by atoms with Gasteiger partial charge >= 0.3 is 5.97 Å². The number of benzene rings is 1. The molecular weight excluding hydrogens is 254 g/mol. The summed E-state index contributed by atoms with van der Waals surface area (Å²) in [4.78, 5) is 11.2. The first-order chi connectivity index (χ1) is 8.45. The van der Waals surface area contributed by atoms with Crippen molar-refractivity contribution < 1.29 is 14.6 Å². The van der Waals surface area contributed by atoms with E-state index in [1.54, 1.807) is 18.2 Å². The van der Waals surface area contributed by atoms with E-state index in [4.69, 9.17) is 16.3 Å². The Bertz CT molecular complexity index is 421. The van der Waals surface area contributed by atoms with Crippen LogP contribution in [-0.2, 0) is 4.79 Å². The third-order valence-corrected chi connectivity index (χ3v) is 2.78. The van der Waals surface area contributed by atoms with Crippen molar-refractivity contribution in [2.24, 2.45) is 5.92 Å². The molecule has 0 saturated heterocycles. The summed E-state index contributed by atoms with van der Waals surface area (Å²) < 4.78 is 5.04. The van der Waals surface area contributed by atoms with Crippen molar-refractivity contribution in [2.75, 3.05) is 13.7 Å². The Labute approximate surface area is 112 Å². The predicted octanol–water partition coefficient (Wildman–Crippen LogP) is 2.72. The third-order valence-electron chi connectivity index (χ3n) is 2.49. The molecule has 1 unspecified atom stereocenters. The smallest absolute Gasteiger partial charge is 0.325 e. The number of aliphatic carboxylic acids is 1. The number of carboxylic acids is 1. The summed E-state index contributed by atoms with van der Waals surface area (Å²) in [6.07, 6.45) is 0. The molecule has 0 bridgehead atoms. The summed E-state index contributed by atoms with van der Waals surface area (Å²) in [6.45, 7) is 4.67. The fraction of sp³-hybridized carbons (Fsp3) is 0.462. The molecule has 0 aromatic heterocycles. The lowest BCUT2D eigenvalue weighted by Gasteiger charge is -2.17. The molecule has 0 fully saturated rings. The first-order valence-corrected chi connectivity index (χ1v) is 6.13. The number of nitrogens with one attached hydrogen (secondary N) is 1. The highest BCUT2D eigenvalue weighted by atomic mass is 35.5. The zero-order valence-corrected chi connectivity index (χ0v) is 11.5. The van der Waals surface area contributed by atoms with Gasteiger partial charge < -0.3 is 15.2 Å². The first-order valence-electron chi connectivity index (χ1n) is 5.75. The van der Waals surface area contributed by atoms with E-state index in [0.717, 1.165) is 0 Å². The highest BCUT2D eigenvalue weighted by Gasteiger charge is 2.20. The van der Waals surface area contributed by atoms with Gasteiger partial charge in [0.1, 0.15) is 11.8 Å². The van der Waals surface area contributed by atoms with Gasteiger partial charge in [-0.3, -0.25) is 4.79 Å². The van der Waals surface area contributed by atoms with Crippen LogP contribution in [0.3, 0.4) is 0 Å². The quantitative estimate of drug-likeness (QED) is 0.835. The van der Waals surface area contributed by atoms with Crippen LogP contribution >= 0.6 is 11.6 Å². The molecule has 2 N–H and O–H groups in total. The number of ether oxygens (including phenoxy) is 1. The van der Waals surface area contributed by atoms with Crippen LogP contribution in [0.4, 0.5) is 0 Å². The van der Waals surface area contributed by atoms with Crippen LogP contribution in [0.25, 0.3) is 0 Å². The highest BCUT2D eigenvalue weighted by Crippen LogP contribution is 2.27. The normalized spacial score (nSPS) is 12.5. The summed E-state index contributed by atoms with van der Waals surface area (Å²) in [5.74, 6) is -0.00845. The van der Waals surface area contributed by atoms with E-state index in [1.165, 1.54) is 7.11 Å². The molecule has 0 aliphatic rings. The first kappa shape index (κ1) is 14.8. The molecule has 18 heavy (non-hydrogen) atoms. The van der Waals surface area contributed by atoms with Gasteiger partial charge in [-0.1, -0.05) is 31.5 Å². The molecule has 5 heteroatoms. The van der Waals surface area contributed by atoms with E-state index in [1.807, 2.05) is 13.8 Å². The Balaban J connectivity index is 2.92. The topological polar surface area (TPSA) is 58.6 Å². The van der Waals surface area contributed by atoms with Crippen molar-refractivity contribution in [3.05, 3.63) is 28.8 Å². The van der Waals surface area contributed by atoms with Crippen LogP contribution in [0.1, 0.15) is 25.5 Å². The summed E-state index contributed by atoms with van der Waals surface area (Å²) in [6, 6.07) is 4.24. The van der Waals surface area contributed by atoms with Crippen LogP contribution < -0.4 is 10.1 Å². The number of carboxylic acid groups (broad SMARTS) is 1. The Kier molecular flexibility index (Phi) is 5.44. The fourth-order valence-electron chi connectivity index (χ4n) is 1.56. The van der Waals surface area contributed by atoms with Crippen LogP contribution in [0, 0.1) is 5.92 Å². The molecule has 4 nitrogen and oxygen atoms in total. The van der Waals surface area contributed by atoms with Crippen molar-refractivity contribution in [2.45, 2.75) is 19.9 Å². The lowest BCUT2D eigenvalue weighted by molar-refractivity contribution is -0.139. The summed E-state index contributed by atoms with van der Waals surface area (Å²) in [5.41, 5.74) is 0.619. The second kappa shape index (κ2) is 6.61. The minimum absolute atomic E-state index is 0.376. The molecule has 0 heterocycles. The standard InChI is InChI=1S/C13H18ClNO3/c1-8(2)7-15-12(13(16)17)9-4-5-11(18-3)10(14)6-9/h4-6,8,12,15H,7H2,1-3H3,(H,16,17). The average Bonchev–Trinajstić information content (AvgIpc) is 2.28. The highest BCUT2D eigenvalue weighted by molar-refractivity contribution is 6.32. The number of methoxy groups -OCH3 is 1. The fourth-order valence-corrected chi connectivity index (χ4v) is 1.83. The number of hydrogen-bond acceptors (Lipinski definition) is 3. The van der Waals surface area contributed by atoms with Crippen molar-refractivity contribution in [3.8, 4) is 5.75 Å². The van der Waals surface area contributed by atoms with Gasteiger partial charge in [-0.25, -0.2) is 0 Å². The van der Waals surface area contributed by atoms with Gasteiger partial charge in [0.2, 0.25) is 0 Å². The Morgan fingerprint density at radius 3 is 2.61 bits per heavy atom. The van der Waals surface area contributed by atoms with Crippen molar-refractivity contribution in [1.82, 2.24) is 5.32 Å². The van der Waals surface area contributed by atoms with Gasteiger partial charge in [0.25, 0.3) is 0 Å². The van der Waals surface area contributed by atoms with E-state index >= 15 is 0 Å². The molecule has 1 aromatic carbocycles. The minimum atomic E-state index is -0.920. The Morgan fingerprint density at radius 2 is 2.17 bits per heavy atom. The zero-order chi connectivity index (χ0) is 13.7. The minimum Gasteiger partial charge on any atom is -0.495 e. The number of halogens is 1. The van der Waals surface area contributed by atoms with E-state index in [0.29, 0.717) is 28.8 Å². The largest absolute Gasteiger partial charge is 0.495 e. The third kappa shape index (κ3) is 3.89. The molecule has 0 aliphatic heterocycles. The monoisotopic (exact) mass is 271 g/mol. The second-order valence-electron chi connectivity index (χ2n) is 4.47. The van der Waals surface area contributed by atoms with Crippen LogP contribution in [0.5, 0.6) is 5.75 Å². The predicted molar refractivity (Wildman–Crippen MR) is 71.2 cm³/mol. The van der Waals surface area contributed by atoms with Crippen LogP contribution in [0.2, 0.25) is 5.02 Å². The number of carbonyl (C=O) groups is 1. The molecule has 1 aromatic rings. The summed E-state index contributed by atoms with van der Waals surface area (Å²) in [7, 11) is 1.52. The molecule has 0 aliphatic carbocycles. The van der Waals surface area contributed by atoms with Gasteiger partial charge in [-0.15, -0.1) is 0 Å². The van der Waals surface area contributed by atoms with E-state index < -0.39 is 12.0 Å². The Hall–Kier alpha value is -1.26. The molecule has 1 rings (SSSR count). The lowest BCUT2D eigenvalue weighted by Crippen LogP contribution is -2.31. The van der Waals surface area contributed by atoms with E-state index in [9.17, 15) is 9.90 Å². The maximum atomic E-state index is 11.2. The van der Waals surface area contributed by atoms with Crippen LogP contribution in [0.15, 0.2) is 18.2 Å². The molecule has 0 spiro atoms. The van der Waals surface area contributed by atoms with Crippen molar-refractivity contribution in [3.63, 3.8) is 0 Å². The zero-order valence-electron chi connectivity index (χ0n) is 10.7. The van der Waals surface area contributed by atoms with Crippen molar-refractivity contribution >= 4 is 17.6 Å². The molecule has 0 radical (unpaired) electrons.